The molecule has 2 aliphatic rings. The lowest BCUT2D eigenvalue weighted by molar-refractivity contribution is -0.113. The average Bonchev–Trinajstić information content (AvgIpc) is 2.54. The molecule has 2 fully saturated rings. The maximum Gasteiger partial charge on any atom is 0.255 e. The molecule has 3 heterocycles. The Labute approximate surface area is 142 Å². The molecular weight excluding hydrogens is 330 g/mol. The van der Waals surface area contributed by atoms with Crippen LogP contribution in [-0.4, -0.2) is 61.8 Å². The van der Waals surface area contributed by atoms with Gasteiger partial charge in [-0.05, 0) is 37.8 Å². The summed E-state index contributed by atoms with van der Waals surface area (Å²) in [4.78, 5) is 18.3. The van der Waals surface area contributed by atoms with E-state index >= 15 is 0 Å². The Kier molecular flexibility index (Phi) is 4.89. The van der Waals surface area contributed by atoms with Gasteiger partial charge in [0.1, 0.15) is 0 Å². The number of carbonyl (C=O) groups excluding carboxylic acids is 1. The second kappa shape index (κ2) is 6.78. The first-order chi connectivity index (χ1) is 11.4. The minimum Gasteiger partial charge on any atom is -0.375 e. The third-order valence-electron chi connectivity index (χ3n) is 4.74. The van der Waals surface area contributed by atoms with Crippen LogP contribution in [0.3, 0.4) is 0 Å². The van der Waals surface area contributed by atoms with Crippen molar-refractivity contribution in [1.29, 1.82) is 0 Å². The van der Waals surface area contributed by atoms with E-state index in [0.29, 0.717) is 38.1 Å². The van der Waals surface area contributed by atoms with Crippen LogP contribution in [0.5, 0.6) is 0 Å². The first kappa shape index (κ1) is 17.3. The number of hydrogen-bond acceptors (Lipinski definition) is 5. The fourth-order valence-electron chi connectivity index (χ4n) is 3.57. The first-order valence-electron chi connectivity index (χ1n) is 8.17. The average molecular weight is 353 g/mol. The van der Waals surface area contributed by atoms with Gasteiger partial charge in [-0.3, -0.25) is 9.78 Å². The highest BCUT2D eigenvalue weighted by molar-refractivity contribution is 7.88. The number of amides is 1. The number of carbonyl (C=O) groups is 1. The number of pyridine rings is 1. The molecule has 1 N–H and O–H groups in total. The summed E-state index contributed by atoms with van der Waals surface area (Å²) in [6.07, 6.45) is 7.21. The molecule has 0 aliphatic carbocycles. The van der Waals surface area contributed by atoms with E-state index < -0.39 is 10.0 Å². The van der Waals surface area contributed by atoms with Crippen LogP contribution in [0, 0.1) is 0 Å². The van der Waals surface area contributed by atoms with Gasteiger partial charge in [0, 0.05) is 38.1 Å². The normalized spacial score (nSPS) is 24.0. The Morgan fingerprint density at radius 3 is 2.79 bits per heavy atom. The van der Waals surface area contributed by atoms with E-state index in [0.717, 1.165) is 12.8 Å². The fraction of sp³-hybridized carbons (Fsp3) is 0.625. The molecule has 8 heteroatoms. The van der Waals surface area contributed by atoms with Crippen molar-refractivity contribution < 1.29 is 17.9 Å². The highest BCUT2D eigenvalue weighted by atomic mass is 32.2. The van der Waals surface area contributed by atoms with Crippen molar-refractivity contribution in [2.75, 3.05) is 26.0 Å². The number of piperidine rings is 1. The Morgan fingerprint density at radius 2 is 2.17 bits per heavy atom. The minimum atomic E-state index is -3.22. The lowest BCUT2D eigenvalue weighted by Crippen LogP contribution is -2.54. The predicted octanol–water partition coefficient (Wildman–Crippen LogP) is 0.785. The monoisotopic (exact) mass is 353 g/mol. The van der Waals surface area contributed by atoms with Crippen molar-refractivity contribution in [2.45, 2.75) is 37.3 Å². The summed E-state index contributed by atoms with van der Waals surface area (Å²) in [6.45, 7) is 1.77. The fourth-order valence-corrected chi connectivity index (χ4v) is 4.38. The molecule has 3 rings (SSSR count). The summed E-state index contributed by atoms with van der Waals surface area (Å²) in [7, 11) is -3.22. The molecule has 2 aliphatic heterocycles. The summed E-state index contributed by atoms with van der Waals surface area (Å²) >= 11 is 0. The van der Waals surface area contributed by atoms with Gasteiger partial charge in [0.2, 0.25) is 10.0 Å². The topological polar surface area (TPSA) is 88.6 Å². The molecule has 24 heavy (non-hydrogen) atoms. The second-order valence-electron chi connectivity index (χ2n) is 6.65. The smallest absolute Gasteiger partial charge is 0.255 e. The Bertz CT molecular complexity index is 685. The van der Waals surface area contributed by atoms with Gasteiger partial charge in [0.15, 0.2) is 0 Å². The van der Waals surface area contributed by atoms with E-state index in [9.17, 15) is 13.2 Å². The number of nitrogens with zero attached hydrogens (tertiary/aromatic N) is 2. The van der Waals surface area contributed by atoms with Crippen molar-refractivity contribution >= 4 is 15.9 Å². The molecule has 0 radical (unpaired) electrons. The van der Waals surface area contributed by atoms with Crippen LogP contribution in [0.2, 0.25) is 0 Å². The lowest BCUT2D eigenvalue weighted by atomic mass is 9.82. The van der Waals surface area contributed by atoms with E-state index in [1.165, 1.54) is 6.26 Å². The second-order valence-corrected chi connectivity index (χ2v) is 8.43. The van der Waals surface area contributed by atoms with Gasteiger partial charge in [-0.15, -0.1) is 0 Å². The van der Waals surface area contributed by atoms with E-state index in [1.54, 1.807) is 24.5 Å². The Balaban J connectivity index is 1.60. The molecule has 1 atom stereocenters. The number of likely N-dealkylation sites (tertiary alicyclic amines) is 1. The largest absolute Gasteiger partial charge is 0.375 e. The maximum atomic E-state index is 12.5. The molecule has 7 nitrogen and oxygen atoms in total. The zero-order valence-corrected chi connectivity index (χ0v) is 14.6. The van der Waals surface area contributed by atoms with Crippen molar-refractivity contribution in [3.8, 4) is 0 Å². The van der Waals surface area contributed by atoms with Gasteiger partial charge in [0.25, 0.3) is 5.91 Å². The van der Waals surface area contributed by atoms with Crippen LogP contribution in [0.1, 0.15) is 36.0 Å². The first-order valence-corrected chi connectivity index (χ1v) is 10.1. The Morgan fingerprint density at radius 1 is 1.42 bits per heavy atom. The zero-order valence-electron chi connectivity index (χ0n) is 13.8. The van der Waals surface area contributed by atoms with Gasteiger partial charge in [-0.2, -0.15) is 0 Å². The number of rotatable bonds is 3. The molecule has 1 aromatic heterocycles. The highest BCUT2D eigenvalue weighted by Crippen LogP contribution is 2.35. The van der Waals surface area contributed by atoms with Crippen molar-refractivity contribution in [3.63, 3.8) is 0 Å². The van der Waals surface area contributed by atoms with Gasteiger partial charge in [-0.1, -0.05) is 0 Å². The van der Waals surface area contributed by atoms with Crippen molar-refractivity contribution in [3.05, 3.63) is 30.1 Å². The molecule has 0 aromatic carbocycles. The summed E-state index contributed by atoms with van der Waals surface area (Å²) in [5, 5.41) is 0. The summed E-state index contributed by atoms with van der Waals surface area (Å²) in [5.74, 6) is -0.0143. The number of nitrogens with one attached hydrogen (secondary N) is 1. The summed E-state index contributed by atoms with van der Waals surface area (Å²) < 4.78 is 31.6. The van der Waals surface area contributed by atoms with Gasteiger partial charge in [-0.25, -0.2) is 13.1 Å². The third-order valence-corrected chi connectivity index (χ3v) is 5.51. The van der Waals surface area contributed by atoms with Crippen LogP contribution in [0.15, 0.2) is 24.5 Å². The Hall–Kier alpha value is -1.51. The molecule has 0 saturated carbocycles. The third kappa shape index (κ3) is 4.12. The molecule has 132 valence electrons. The van der Waals surface area contributed by atoms with Crippen LogP contribution >= 0.6 is 0 Å². The van der Waals surface area contributed by atoms with E-state index in [1.807, 2.05) is 4.90 Å². The molecular formula is C16H23N3O4S. The van der Waals surface area contributed by atoms with E-state index in [2.05, 4.69) is 9.71 Å². The molecule has 1 amide bonds. The maximum absolute atomic E-state index is 12.5. The number of aromatic nitrogens is 1. The number of hydrogen-bond donors (Lipinski definition) is 1. The molecule has 0 unspecified atom stereocenters. The van der Waals surface area contributed by atoms with Crippen LogP contribution in [0.25, 0.3) is 0 Å². The summed E-state index contributed by atoms with van der Waals surface area (Å²) in [6, 6.07) is 3.43. The zero-order chi connectivity index (χ0) is 17.2. The number of ether oxygens (including phenoxy) is 1. The quantitative estimate of drug-likeness (QED) is 0.868. The van der Waals surface area contributed by atoms with Gasteiger partial charge in [0.05, 0.1) is 17.4 Å². The SMILES string of the molecule is CS(=O)(=O)N[C@@H]1CCOC2(CCN(C(=O)c3cccnc3)CC2)C1. The minimum absolute atomic E-state index is 0.0143. The highest BCUT2D eigenvalue weighted by Gasteiger charge is 2.41. The van der Waals surface area contributed by atoms with E-state index in [4.69, 9.17) is 4.74 Å². The molecule has 0 bridgehead atoms. The molecule has 2 saturated heterocycles. The molecule has 1 spiro atoms. The van der Waals surface area contributed by atoms with Gasteiger partial charge >= 0.3 is 0 Å². The van der Waals surface area contributed by atoms with Crippen molar-refractivity contribution in [1.82, 2.24) is 14.6 Å². The van der Waals surface area contributed by atoms with Crippen LogP contribution < -0.4 is 4.72 Å². The van der Waals surface area contributed by atoms with E-state index in [-0.39, 0.29) is 17.6 Å². The summed E-state index contributed by atoms with van der Waals surface area (Å²) in [5.41, 5.74) is 0.265. The van der Waals surface area contributed by atoms with Gasteiger partial charge < -0.3 is 9.64 Å². The number of sulfonamides is 1. The van der Waals surface area contributed by atoms with Crippen molar-refractivity contribution in [2.24, 2.45) is 0 Å². The van der Waals surface area contributed by atoms with Crippen LogP contribution in [0.4, 0.5) is 0 Å². The standard InChI is InChI=1S/C16H23N3O4S/c1-24(21,22)18-14-4-10-23-16(11-14)5-8-19(9-6-16)15(20)13-3-2-7-17-12-13/h2-3,7,12,14,18H,4-6,8-11H2,1H3/t14-/m1/s1. The molecule has 1 aromatic rings. The van der Waals surface area contributed by atoms with Crippen LogP contribution in [-0.2, 0) is 14.8 Å². The lowest BCUT2D eigenvalue weighted by Gasteiger charge is -2.46. The predicted molar refractivity (Wildman–Crippen MR) is 89.1 cm³/mol.